The number of aliphatic carboxylic acids is 1. The minimum atomic E-state index is -4.72. The Morgan fingerprint density at radius 1 is 1.10 bits per heavy atom. The lowest BCUT2D eigenvalue weighted by molar-refractivity contribution is -0.139. The summed E-state index contributed by atoms with van der Waals surface area (Å²) in [6, 6.07) is 6.59. The lowest BCUT2D eigenvalue weighted by atomic mass is 9.82. The van der Waals surface area contributed by atoms with E-state index in [9.17, 15) is 27.5 Å². The molecule has 4 rings (SSSR count). The monoisotopic (exact) mass is 545 g/mol. The lowest BCUT2D eigenvalue weighted by Crippen LogP contribution is -2.38. The Morgan fingerprint density at radius 2 is 1.77 bits per heavy atom. The minimum Gasteiger partial charge on any atom is -0.491 e. The van der Waals surface area contributed by atoms with Crippen LogP contribution in [0.1, 0.15) is 49.1 Å². The fourth-order valence-corrected chi connectivity index (χ4v) is 4.74. The van der Waals surface area contributed by atoms with E-state index in [-0.39, 0.29) is 30.6 Å². The molecule has 1 saturated heterocycles. The van der Waals surface area contributed by atoms with E-state index in [0.717, 1.165) is 30.7 Å². The average molecular weight is 546 g/mol. The molecule has 1 aliphatic rings. The molecular weight excluding hydrogens is 514 g/mol. The van der Waals surface area contributed by atoms with Gasteiger partial charge in [0.25, 0.3) is 0 Å². The Balaban J connectivity index is 1.71. The van der Waals surface area contributed by atoms with E-state index in [1.807, 2.05) is 4.90 Å². The Kier molecular flexibility index (Phi) is 8.13. The normalized spacial score (nSPS) is 15.3. The van der Waals surface area contributed by atoms with E-state index < -0.39 is 29.3 Å². The highest BCUT2D eigenvalue weighted by molar-refractivity contribution is 5.83. The summed E-state index contributed by atoms with van der Waals surface area (Å²) in [6.45, 7) is 7.23. The summed E-state index contributed by atoms with van der Waals surface area (Å²) in [4.78, 5) is 22.4. The third kappa shape index (κ3) is 6.85. The molecule has 208 valence electrons. The van der Waals surface area contributed by atoms with Crippen LogP contribution in [0.2, 0.25) is 0 Å². The topological polar surface area (TPSA) is 75.6 Å². The van der Waals surface area contributed by atoms with Crippen molar-refractivity contribution < 1.29 is 32.2 Å². The summed E-state index contributed by atoms with van der Waals surface area (Å²) in [7, 11) is 0. The van der Waals surface area contributed by atoms with E-state index in [1.54, 1.807) is 19.1 Å². The summed E-state index contributed by atoms with van der Waals surface area (Å²) in [5.41, 5.74) is 1.77. The van der Waals surface area contributed by atoms with Gasteiger partial charge in [0.2, 0.25) is 0 Å². The molecule has 1 N–H and O–H groups in total. The van der Waals surface area contributed by atoms with Gasteiger partial charge in [-0.3, -0.25) is 14.8 Å². The Morgan fingerprint density at radius 3 is 2.38 bits per heavy atom. The molecule has 0 spiro atoms. The van der Waals surface area contributed by atoms with Crippen LogP contribution in [-0.2, 0) is 23.8 Å². The number of carboxylic acids is 1. The predicted molar refractivity (Wildman–Crippen MR) is 139 cm³/mol. The number of ether oxygens (including phenoxy) is 1. The van der Waals surface area contributed by atoms with E-state index >= 15 is 0 Å². The first-order chi connectivity index (χ1) is 18.3. The van der Waals surface area contributed by atoms with E-state index in [0.29, 0.717) is 35.6 Å². The number of benzene rings is 1. The quantitative estimate of drug-likeness (QED) is 0.327. The molecule has 0 amide bonds. The van der Waals surface area contributed by atoms with Gasteiger partial charge in [-0.05, 0) is 48.9 Å². The van der Waals surface area contributed by atoms with E-state index in [2.05, 4.69) is 23.8 Å². The lowest BCUT2D eigenvalue weighted by Gasteiger charge is -2.40. The zero-order chi connectivity index (χ0) is 28.4. The van der Waals surface area contributed by atoms with Gasteiger partial charge in [-0.15, -0.1) is 0 Å². The van der Waals surface area contributed by atoms with Crippen molar-refractivity contribution >= 4 is 11.7 Å². The number of pyridine rings is 2. The molecule has 1 fully saturated rings. The van der Waals surface area contributed by atoms with Crippen molar-refractivity contribution in [3.8, 4) is 17.0 Å². The van der Waals surface area contributed by atoms with Crippen molar-refractivity contribution in [2.75, 3.05) is 24.6 Å². The number of hydrogen-bond donors (Lipinski definition) is 1. The van der Waals surface area contributed by atoms with Crippen molar-refractivity contribution in [3.63, 3.8) is 0 Å². The van der Waals surface area contributed by atoms with Crippen molar-refractivity contribution in [3.05, 3.63) is 70.9 Å². The van der Waals surface area contributed by atoms with Crippen molar-refractivity contribution in [2.24, 2.45) is 5.41 Å². The van der Waals surface area contributed by atoms with Gasteiger partial charge in [-0.25, -0.2) is 4.39 Å². The molecule has 2 aromatic heterocycles. The number of anilines is 1. The SMILES string of the molecule is Cc1ncc(-c2cc(C(F)(F)F)c(OCCc3ccc(F)cc3)cn2)c(N2CCC(C)(C)CC2)c1CC(=O)O. The van der Waals surface area contributed by atoms with Gasteiger partial charge >= 0.3 is 12.1 Å². The van der Waals surface area contributed by atoms with Gasteiger partial charge in [0.05, 0.1) is 30.6 Å². The maximum atomic E-state index is 14.1. The first-order valence-corrected chi connectivity index (χ1v) is 12.7. The van der Waals surface area contributed by atoms with Gasteiger partial charge in [-0.2, -0.15) is 13.2 Å². The van der Waals surface area contributed by atoms with Crippen LogP contribution in [0.25, 0.3) is 11.3 Å². The molecule has 0 aliphatic carbocycles. The number of rotatable bonds is 8. The van der Waals surface area contributed by atoms with Crippen molar-refractivity contribution in [1.29, 1.82) is 0 Å². The van der Waals surface area contributed by atoms with Crippen LogP contribution in [0.3, 0.4) is 0 Å². The standard InChI is InChI=1S/C29H31F4N3O3/c1-18-21(14-26(37)38)27(36-11-9-28(2,3)10-12-36)22(16-34-18)24-15-23(29(31,32)33)25(17-35-24)39-13-8-19-4-6-20(30)7-5-19/h4-7,15-17H,8-14H2,1-3H3,(H,37,38). The van der Waals surface area contributed by atoms with Gasteiger partial charge < -0.3 is 14.7 Å². The number of carbonyl (C=O) groups is 1. The van der Waals surface area contributed by atoms with E-state index in [4.69, 9.17) is 4.74 Å². The van der Waals surface area contributed by atoms with Crippen LogP contribution in [0, 0.1) is 18.2 Å². The zero-order valence-corrected chi connectivity index (χ0v) is 22.1. The van der Waals surface area contributed by atoms with Crippen molar-refractivity contribution in [2.45, 2.75) is 52.6 Å². The number of hydrogen-bond acceptors (Lipinski definition) is 5. The highest BCUT2D eigenvalue weighted by Gasteiger charge is 2.36. The third-order valence-corrected chi connectivity index (χ3v) is 7.14. The Hall–Kier alpha value is -3.69. The maximum absolute atomic E-state index is 14.1. The maximum Gasteiger partial charge on any atom is 0.420 e. The summed E-state index contributed by atoms with van der Waals surface area (Å²) < 4.78 is 61.0. The minimum absolute atomic E-state index is 0.0344. The summed E-state index contributed by atoms with van der Waals surface area (Å²) >= 11 is 0. The van der Waals surface area contributed by atoms with Crippen molar-refractivity contribution in [1.82, 2.24) is 9.97 Å². The third-order valence-electron chi connectivity index (χ3n) is 7.14. The van der Waals surface area contributed by atoms with Crippen LogP contribution in [0.4, 0.5) is 23.2 Å². The number of halogens is 4. The highest BCUT2D eigenvalue weighted by atomic mass is 19.4. The van der Waals surface area contributed by atoms with Gasteiger partial charge in [0.1, 0.15) is 17.1 Å². The number of aryl methyl sites for hydroxylation is 1. The molecule has 39 heavy (non-hydrogen) atoms. The molecule has 6 nitrogen and oxygen atoms in total. The van der Waals surface area contributed by atoms with Crippen LogP contribution >= 0.6 is 0 Å². The number of carboxylic acid groups (broad SMARTS) is 1. The second-order valence-electron chi connectivity index (χ2n) is 10.6. The second-order valence-corrected chi connectivity index (χ2v) is 10.6. The van der Waals surface area contributed by atoms with Crippen LogP contribution in [-0.4, -0.2) is 40.7 Å². The molecule has 3 heterocycles. The molecule has 1 aromatic carbocycles. The smallest absolute Gasteiger partial charge is 0.420 e. The average Bonchev–Trinajstić information content (AvgIpc) is 2.86. The first-order valence-electron chi connectivity index (χ1n) is 12.7. The summed E-state index contributed by atoms with van der Waals surface area (Å²) in [5.74, 6) is -1.87. The zero-order valence-electron chi connectivity index (χ0n) is 22.1. The van der Waals surface area contributed by atoms with Gasteiger partial charge in [0, 0.05) is 42.5 Å². The molecule has 0 saturated carbocycles. The first kappa shape index (κ1) is 28.3. The van der Waals surface area contributed by atoms with Gasteiger partial charge in [0.15, 0.2) is 0 Å². The molecular formula is C29H31F4N3O3. The van der Waals surface area contributed by atoms with Gasteiger partial charge in [-0.1, -0.05) is 26.0 Å². The molecule has 1 aliphatic heterocycles. The Bertz CT molecular complexity index is 1330. The molecule has 10 heteroatoms. The molecule has 0 radical (unpaired) electrons. The number of aromatic nitrogens is 2. The molecule has 3 aromatic rings. The fourth-order valence-electron chi connectivity index (χ4n) is 4.74. The van der Waals surface area contributed by atoms with Crippen LogP contribution in [0.15, 0.2) is 42.7 Å². The molecule has 0 unspecified atom stereocenters. The Labute approximate surface area is 224 Å². The number of nitrogens with zero attached hydrogens (tertiary/aromatic N) is 3. The van der Waals surface area contributed by atoms with E-state index in [1.165, 1.54) is 18.3 Å². The molecule has 0 bridgehead atoms. The summed E-state index contributed by atoms with van der Waals surface area (Å²) in [6.07, 6.45) is -0.533. The fraction of sp³-hybridized carbons (Fsp3) is 0.414. The van der Waals surface area contributed by atoms with Crippen LogP contribution < -0.4 is 9.64 Å². The predicted octanol–water partition coefficient (Wildman–Crippen LogP) is 6.48. The molecule has 0 atom stereocenters. The largest absolute Gasteiger partial charge is 0.491 e. The second kappa shape index (κ2) is 11.2. The summed E-state index contributed by atoms with van der Waals surface area (Å²) in [5, 5.41) is 9.58. The number of alkyl halides is 3. The number of piperidine rings is 1. The van der Waals surface area contributed by atoms with Crippen LogP contribution in [0.5, 0.6) is 5.75 Å². The highest BCUT2D eigenvalue weighted by Crippen LogP contribution is 2.42.